The van der Waals surface area contributed by atoms with Crippen LogP contribution in [0.3, 0.4) is 0 Å². The van der Waals surface area contributed by atoms with Crippen LogP contribution in [0.4, 0.5) is 16.2 Å². The lowest BCUT2D eigenvalue weighted by atomic mass is 10.1. The largest absolute Gasteiger partial charge is 0.489 e. The highest BCUT2D eigenvalue weighted by Gasteiger charge is 2.07. The molecule has 0 fully saturated rings. The molecule has 0 heterocycles. The van der Waals surface area contributed by atoms with Crippen molar-refractivity contribution >= 4 is 23.6 Å². The highest BCUT2D eigenvalue weighted by molar-refractivity contribution is 5.89. The average Bonchev–Trinajstić information content (AvgIpc) is 2.62. The topological polar surface area (TPSA) is 112 Å². The minimum Gasteiger partial charge on any atom is -0.489 e. The van der Waals surface area contributed by atoms with Crippen molar-refractivity contribution in [2.24, 2.45) is 5.84 Å². The quantitative estimate of drug-likeness (QED) is 0.167. The number of carbonyl (C=O) groups excluding carboxylic acids is 1. The molecule has 2 aromatic carbocycles. The predicted molar refractivity (Wildman–Crippen MR) is 100 cm³/mol. The molecule has 6 N–H and O–H groups in total. The second-order valence-electron chi connectivity index (χ2n) is 5.44. The van der Waals surface area contributed by atoms with Crippen LogP contribution in [0.5, 0.6) is 5.75 Å². The number of urea groups is 1. The van der Waals surface area contributed by atoms with Gasteiger partial charge in [-0.05, 0) is 49.4 Å². The summed E-state index contributed by atoms with van der Waals surface area (Å²) in [5, 5.41) is 12.9. The molecule has 2 amide bonds. The Kier molecular flexibility index (Phi) is 6.79. The number of carbonyl (C=O) groups is 1. The Morgan fingerprint density at radius 3 is 2.80 bits per heavy atom. The third-order valence-electron chi connectivity index (χ3n) is 3.57. The first kappa shape index (κ1) is 18.3. The van der Waals surface area contributed by atoms with Gasteiger partial charge in [0.05, 0.1) is 0 Å². The number of amides is 2. The number of ether oxygens (including phenoxy) is 1. The maximum atomic E-state index is 11.4. The molecule has 0 aliphatic carbocycles. The second-order valence-corrected chi connectivity index (χ2v) is 5.44. The van der Waals surface area contributed by atoms with Crippen LogP contribution in [0.25, 0.3) is 0 Å². The van der Waals surface area contributed by atoms with Crippen LogP contribution in [-0.2, 0) is 6.61 Å². The first-order chi connectivity index (χ1) is 12.1. The number of para-hydroxylation sites is 1. The van der Waals surface area contributed by atoms with Crippen molar-refractivity contribution in [2.45, 2.75) is 20.0 Å². The van der Waals surface area contributed by atoms with Crippen molar-refractivity contribution < 1.29 is 9.53 Å². The van der Waals surface area contributed by atoms with Gasteiger partial charge in [-0.25, -0.2) is 10.6 Å². The van der Waals surface area contributed by atoms with E-state index < -0.39 is 6.03 Å². The molecule has 25 heavy (non-hydrogen) atoms. The lowest BCUT2D eigenvalue weighted by molar-refractivity contribution is 0.252. The number of nitrogens with two attached hydrogens (primary N) is 1. The first-order valence-corrected chi connectivity index (χ1v) is 7.96. The Balaban J connectivity index is 2.01. The van der Waals surface area contributed by atoms with Gasteiger partial charge in [0.1, 0.15) is 12.4 Å². The number of hydrazine groups is 1. The molecular weight excluding hydrogens is 318 g/mol. The molecule has 0 aliphatic rings. The smallest absolute Gasteiger partial charge is 0.333 e. The zero-order valence-electron chi connectivity index (χ0n) is 14.1. The molecule has 0 saturated carbocycles. The van der Waals surface area contributed by atoms with Crippen molar-refractivity contribution in [3.8, 4) is 5.75 Å². The molecule has 2 aromatic rings. The van der Waals surface area contributed by atoms with Crippen LogP contribution in [-0.4, -0.2) is 18.8 Å². The summed E-state index contributed by atoms with van der Waals surface area (Å²) in [6, 6.07) is 12.8. The molecule has 0 unspecified atom stereocenters. The van der Waals surface area contributed by atoms with Crippen molar-refractivity contribution in [1.82, 2.24) is 5.43 Å². The van der Waals surface area contributed by atoms with Gasteiger partial charge in [-0.3, -0.25) is 5.43 Å². The third-order valence-corrected chi connectivity index (χ3v) is 3.57. The summed E-state index contributed by atoms with van der Waals surface area (Å²) in [5.41, 5.74) is 5.53. The number of benzene rings is 2. The van der Waals surface area contributed by atoms with Gasteiger partial charge < -0.3 is 20.8 Å². The van der Waals surface area contributed by atoms with Crippen LogP contribution in [0.15, 0.2) is 42.5 Å². The number of hydrogen-bond acceptors (Lipinski definition) is 5. The normalized spacial score (nSPS) is 10.0. The molecule has 0 aliphatic heterocycles. The Morgan fingerprint density at radius 2 is 2.08 bits per heavy atom. The monoisotopic (exact) mass is 341 g/mol. The van der Waals surface area contributed by atoms with Gasteiger partial charge in [-0.15, -0.1) is 0 Å². The van der Waals surface area contributed by atoms with Crippen molar-refractivity contribution in [3.63, 3.8) is 0 Å². The second kappa shape index (κ2) is 9.29. The van der Waals surface area contributed by atoms with E-state index in [-0.39, 0.29) is 0 Å². The van der Waals surface area contributed by atoms with E-state index in [1.807, 2.05) is 48.7 Å². The van der Waals surface area contributed by atoms with E-state index >= 15 is 0 Å². The molecular formula is C18H23N5O2. The zero-order valence-corrected chi connectivity index (χ0v) is 14.1. The Labute approximate surface area is 147 Å². The number of nitrogens with one attached hydrogen (secondary N) is 4. The molecule has 0 spiro atoms. The molecule has 2 rings (SSSR count). The summed E-state index contributed by atoms with van der Waals surface area (Å²) >= 11 is 0. The van der Waals surface area contributed by atoms with Crippen molar-refractivity contribution in [2.75, 3.05) is 17.2 Å². The Morgan fingerprint density at radius 1 is 1.28 bits per heavy atom. The molecule has 0 aromatic heterocycles. The maximum absolute atomic E-state index is 11.4. The number of anilines is 2. The van der Waals surface area contributed by atoms with E-state index in [9.17, 15) is 4.79 Å². The first-order valence-electron chi connectivity index (χ1n) is 7.96. The zero-order chi connectivity index (χ0) is 18.1. The fraction of sp³-hybridized carbons (Fsp3) is 0.222. The van der Waals surface area contributed by atoms with Gasteiger partial charge in [0.15, 0.2) is 0 Å². The van der Waals surface area contributed by atoms with Gasteiger partial charge in [-0.2, -0.15) is 0 Å². The molecule has 0 atom stereocenters. The number of rotatable bonds is 8. The fourth-order valence-electron chi connectivity index (χ4n) is 2.29. The van der Waals surface area contributed by atoms with E-state index in [0.29, 0.717) is 18.7 Å². The summed E-state index contributed by atoms with van der Waals surface area (Å²) in [7, 11) is 0. The summed E-state index contributed by atoms with van der Waals surface area (Å²) in [4.78, 5) is 11.4. The SMILES string of the molecule is Cc1cc(NCCC=N)ccc1OCc1ccccc1NC(=O)NN. The summed E-state index contributed by atoms with van der Waals surface area (Å²) in [6.07, 6.45) is 2.07. The van der Waals surface area contributed by atoms with Gasteiger partial charge in [0, 0.05) is 23.5 Å². The van der Waals surface area contributed by atoms with Gasteiger partial charge in [0.2, 0.25) is 0 Å². The van der Waals surface area contributed by atoms with Crippen molar-refractivity contribution in [1.29, 1.82) is 5.41 Å². The standard InChI is InChI=1S/C18H23N5O2/c1-13-11-15(21-10-4-9-19)7-8-17(13)25-12-14-5-2-3-6-16(14)22-18(24)23-20/h2-3,5-9,11,19,21H,4,10,12,20H2,1H3,(H2,22,23,24). The van der Waals surface area contributed by atoms with Crippen LogP contribution in [0, 0.1) is 12.3 Å². The molecule has 132 valence electrons. The minimum absolute atomic E-state index is 0.322. The molecule has 0 saturated heterocycles. The van der Waals surface area contributed by atoms with Crippen LogP contribution in [0.1, 0.15) is 17.5 Å². The molecule has 0 bridgehead atoms. The Bertz CT molecular complexity index is 733. The van der Waals surface area contributed by atoms with E-state index in [1.165, 1.54) is 6.21 Å². The highest BCUT2D eigenvalue weighted by Crippen LogP contribution is 2.24. The Hall–Kier alpha value is -3.06. The summed E-state index contributed by atoms with van der Waals surface area (Å²) in [5.74, 6) is 5.87. The maximum Gasteiger partial charge on any atom is 0.333 e. The van der Waals surface area contributed by atoms with Crippen molar-refractivity contribution in [3.05, 3.63) is 53.6 Å². The van der Waals surface area contributed by atoms with Gasteiger partial charge in [0.25, 0.3) is 0 Å². The average molecular weight is 341 g/mol. The third kappa shape index (κ3) is 5.50. The predicted octanol–water partition coefficient (Wildman–Crippen LogP) is 3.02. The summed E-state index contributed by atoms with van der Waals surface area (Å²) in [6.45, 7) is 3.02. The number of aryl methyl sites for hydroxylation is 1. The van der Waals surface area contributed by atoms with Crippen LogP contribution < -0.4 is 26.6 Å². The van der Waals surface area contributed by atoms with E-state index in [0.717, 1.165) is 29.1 Å². The molecule has 0 radical (unpaired) electrons. The van der Waals surface area contributed by atoms with E-state index in [2.05, 4.69) is 10.6 Å². The molecule has 7 heteroatoms. The van der Waals surface area contributed by atoms with E-state index in [1.54, 1.807) is 6.07 Å². The van der Waals surface area contributed by atoms with Gasteiger partial charge in [-0.1, -0.05) is 18.2 Å². The molecule has 7 nitrogen and oxygen atoms in total. The summed E-state index contributed by atoms with van der Waals surface area (Å²) < 4.78 is 5.89. The lowest BCUT2D eigenvalue weighted by Crippen LogP contribution is -2.34. The van der Waals surface area contributed by atoms with Crippen LogP contribution in [0.2, 0.25) is 0 Å². The lowest BCUT2D eigenvalue weighted by Gasteiger charge is -2.14. The fourth-order valence-corrected chi connectivity index (χ4v) is 2.29. The van der Waals surface area contributed by atoms with Gasteiger partial charge >= 0.3 is 6.03 Å². The van der Waals surface area contributed by atoms with Crippen LogP contribution >= 0.6 is 0 Å². The number of hydrogen-bond donors (Lipinski definition) is 5. The van der Waals surface area contributed by atoms with E-state index in [4.69, 9.17) is 16.0 Å². The highest BCUT2D eigenvalue weighted by atomic mass is 16.5. The minimum atomic E-state index is -0.482.